The minimum Gasteiger partial charge on any atom is -0.294 e. The first-order chi connectivity index (χ1) is 8.49. The standard InChI is InChI=1S/C12H9ClO3S2/c13-7-1-2-11-8(5-7)12-9(6-18(11,15)16)10(14)3-4-17-12/h1-2,5H,3-4,6H2. The Kier molecular flexibility index (Phi) is 2.80. The van der Waals surface area contributed by atoms with E-state index in [1.165, 1.54) is 17.8 Å². The van der Waals surface area contributed by atoms with Crippen molar-refractivity contribution in [2.45, 2.75) is 11.3 Å². The van der Waals surface area contributed by atoms with Gasteiger partial charge in [-0.05, 0) is 18.2 Å². The van der Waals surface area contributed by atoms with Gasteiger partial charge in [0.2, 0.25) is 0 Å². The maximum atomic E-state index is 12.1. The van der Waals surface area contributed by atoms with E-state index < -0.39 is 9.84 Å². The number of fused-ring (bicyclic) bond motifs is 2. The van der Waals surface area contributed by atoms with Crippen LogP contribution in [0.2, 0.25) is 5.02 Å². The van der Waals surface area contributed by atoms with Crippen LogP contribution in [0.25, 0.3) is 4.91 Å². The van der Waals surface area contributed by atoms with Crippen molar-refractivity contribution < 1.29 is 13.2 Å². The number of carbonyl (C=O) groups is 1. The SMILES string of the molecule is O=C1CCSC2=C1CS(=O)(=O)c1ccc(Cl)cc12. The molecule has 0 spiro atoms. The van der Waals surface area contributed by atoms with Gasteiger partial charge in [0, 0.05) is 33.2 Å². The maximum absolute atomic E-state index is 12.1. The number of benzene rings is 1. The number of halogens is 1. The van der Waals surface area contributed by atoms with Gasteiger partial charge >= 0.3 is 0 Å². The van der Waals surface area contributed by atoms with Gasteiger partial charge in [0.1, 0.15) is 0 Å². The monoisotopic (exact) mass is 300 g/mol. The van der Waals surface area contributed by atoms with Crippen LogP contribution in [0.3, 0.4) is 0 Å². The molecular weight excluding hydrogens is 292 g/mol. The predicted molar refractivity (Wildman–Crippen MR) is 72.5 cm³/mol. The number of thioether (sulfide) groups is 1. The zero-order chi connectivity index (χ0) is 12.9. The summed E-state index contributed by atoms with van der Waals surface area (Å²) in [6.45, 7) is 0. The molecule has 3 rings (SSSR count). The van der Waals surface area contributed by atoms with Crippen LogP contribution in [-0.2, 0) is 14.6 Å². The minimum atomic E-state index is -3.41. The van der Waals surface area contributed by atoms with E-state index in [0.717, 1.165) is 4.91 Å². The number of hydrogen-bond donors (Lipinski definition) is 0. The van der Waals surface area contributed by atoms with E-state index in [4.69, 9.17) is 11.6 Å². The third-order valence-electron chi connectivity index (χ3n) is 3.04. The Balaban J connectivity index is 2.34. The summed E-state index contributed by atoms with van der Waals surface area (Å²) in [6, 6.07) is 4.73. The Hall–Kier alpha value is -0.780. The average Bonchev–Trinajstić information content (AvgIpc) is 2.30. The molecule has 0 fully saturated rings. The summed E-state index contributed by atoms with van der Waals surface area (Å²) in [7, 11) is -3.41. The molecule has 0 bridgehead atoms. The molecule has 0 atom stereocenters. The fourth-order valence-electron chi connectivity index (χ4n) is 2.22. The maximum Gasteiger partial charge on any atom is 0.183 e. The van der Waals surface area contributed by atoms with Crippen molar-refractivity contribution in [1.29, 1.82) is 0 Å². The van der Waals surface area contributed by atoms with Crippen molar-refractivity contribution in [2.75, 3.05) is 11.5 Å². The van der Waals surface area contributed by atoms with E-state index in [9.17, 15) is 13.2 Å². The fourth-order valence-corrected chi connectivity index (χ4v) is 5.33. The Morgan fingerprint density at radius 3 is 2.83 bits per heavy atom. The van der Waals surface area contributed by atoms with Gasteiger partial charge in [-0.2, -0.15) is 0 Å². The van der Waals surface area contributed by atoms with Gasteiger partial charge in [0.25, 0.3) is 0 Å². The minimum absolute atomic E-state index is 0.0575. The second kappa shape index (κ2) is 4.11. The van der Waals surface area contributed by atoms with Crippen LogP contribution in [0.15, 0.2) is 28.7 Å². The molecular formula is C12H9ClO3S2. The molecule has 0 unspecified atom stereocenters. The number of carbonyl (C=O) groups excluding carboxylic acids is 1. The Bertz CT molecular complexity index is 689. The summed E-state index contributed by atoms with van der Waals surface area (Å²) in [5.74, 6) is 0.463. The fraction of sp³-hybridized carbons (Fsp3) is 0.250. The lowest BCUT2D eigenvalue weighted by Gasteiger charge is -2.25. The van der Waals surface area contributed by atoms with Gasteiger partial charge in [-0.25, -0.2) is 8.42 Å². The zero-order valence-electron chi connectivity index (χ0n) is 9.27. The first-order valence-corrected chi connectivity index (χ1v) is 8.42. The summed E-state index contributed by atoms with van der Waals surface area (Å²) in [4.78, 5) is 12.9. The Labute approximate surface area is 114 Å². The number of hydrogen-bond acceptors (Lipinski definition) is 4. The highest BCUT2D eigenvalue weighted by Gasteiger charge is 2.35. The highest BCUT2D eigenvalue weighted by atomic mass is 35.5. The molecule has 18 heavy (non-hydrogen) atoms. The van der Waals surface area contributed by atoms with Crippen molar-refractivity contribution in [3.8, 4) is 0 Å². The molecule has 0 saturated heterocycles. The second-order valence-corrected chi connectivity index (χ2v) is 7.73. The van der Waals surface area contributed by atoms with E-state index in [2.05, 4.69) is 0 Å². The van der Waals surface area contributed by atoms with E-state index in [-0.39, 0.29) is 16.4 Å². The normalized spacial score (nSPS) is 21.5. The van der Waals surface area contributed by atoms with Crippen LogP contribution in [0.1, 0.15) is 12.0 Å². The zero-order valence-corrected chi connectivity index (χ0v) is 11.7. The third kappa shape index (κ3) is 1.81. The topological polar surface area (TPSA) is 51.2 Å². The Morgan fingerprint density at radius 2 is 2.06 bits per heavy atom. The average molecular weight is 301 g/mol. The molecule has 2 heterocycles. The van der Waals surface area contributed by atoms with Crippen LogP contribution in [0, 0.1) is 0 Å². The van der Waals surface area contributed by atoms with Crippen LogP contribution in [-0.4, -0.2) is 25.7 Å². The van der Waals surface area contributed by atoms with Gasteiger partial charge in [-0.3, -0.25) is 4.79 Å². The smallest absolute Gasteiger partial charge is 0.183 e. The van der Waals surface area contributed by atoms with Gasteiger partial charge in [0.15, 0.2) is 15.6 Å². The highest BCUT2D eigenvalue weighted by Crippen LogP contribution is 2.44. The highest BCUT2D eigenvalue weighted by molar-refractivity contribution is 8.08. The molecule has 0 aliphatic carbocycles. The van der Waals surface area contributed by atoms with Gasteiger partial charge in [0.05, 0.1) is 10.6 Å². The molecule has 1 aromatic carbocycles. The van der Waals surface area contributed by atoms with E-state index in [1.807, 2.05) is 0 Å². The molecule has 1 aromatic rings. The molecule has 0 N–H and O–H groups in total. The summed E-state index contributed by atoms with van der Waals surface area (Å²) in [5.41, 5.74) is 1.02. The molecule has 0 radical (unpaired) electrons. The molecule has 0 amide bonds. The molecule has 94 valence electrons. The van der Waals surface area contributed by atoms with Crippen molar-refractivity contribution in [1.82, 2.24) is 0 Å². The summed E-state index contributed by atoms with van der Waals surface area (Å²) in [5, 5.41) is 0.483. The second-order valence-electron chi connectivity index (χ2n) is 4.23. The first kappa shape index (κ1) is 12.3. The molecule has 2 aliphatic heterocycles. The van der Waals surface area contributed by atoms with Crippen molar-refractivity contribution in [3.05, 3.63) is 34.4 Å². The van der Waals surface area contributed by atoms with Crippen LogP contribution in [0.5, 0.6) is 0 Å². The largest absolute Gasteiger partial charge is 0.294 e. The van der Waals surface area contributed by atoms with Crippen molar-refractivity contribution in [3.63, 3.8) is 0 Å². The summed E-state index contributed by atoms with van der Waals surface area (Å²) in [6.07, 6.45) is 0.412. The molecule has 6 heteroatoms. The number of sulfone groups is 1. The van der Waals surface area contributed by atoms with Gasteiger partial charge in [-0.1, -0.05) is 11.6 Å². The summed E-state index contributed by atoms with van der Waals surface area (Å²) < 4.78 is 24.3. The summed E-state index contributed by atoms with van der Waals surface area (Å²) >= 11 is 7.46. The third-order valence-corrected chi connectivity index (χ3v) is 6.14. The van der Waals surface area contributed by atoms with Crippen LogP contribution in [0.4, 0.5) is 0 Å². The first-order valence-electron chi connectivity index (χ1n) is 5.41. The molecule has 0 aromatic heterocycles. The Morgan fingerprint density at radius 1 is 1.28 bits per heavy atom. The lowest BCUT2D eigenvalue weighted by molar-refractivity contribution is -0.115. The lowest BCUT2D eigenvalue weighted by atomic mass is 10.1. The van der Waals surface area contributed by atoms with Gasteiger partial charge in [-0.15, -0.1) is 11.8 Å². The molecule has 3 nitrogen and oxygen atoms in total. The molecule has 2 aliphatic rings. The quantitative estimate of drug-likeness (QED) is 0.739. The lowest BCUT2D eigenvalue weighted by Crippen LogP contribution is -2.24. The van der Waals surface area contributed by atoms with E-state index in [0.29, 0.717) is 28.3 Å². The number of rotatable bonds is 0. The van der Waals surface area contributed by atoms with E-state index >= 15 is 0 Å². The van der Waals surface area contributed by atoms with Crippen molar-refractivity contribution in [2.24, 2.45) is 0 Å². The van der Waals surface area contributed by atoms with Gasteiger partial charge < -0.3 is 0 Å². The predicted octanol–water partition coefficient (Wildman–Crippen LogP) is 2.54. The van der Waals surface area contributed by atoms with Crippen molar-refractivity contribution >= 4 is 43.9 Å². The van der Waals surface area contributed by atoms with Crippen LogP contribution >= 0.6 is 23.4 Å². The number of Topliss-reactive ketones (excluding diaryl/α,β-unsaturated/α-hetero) is 1. The van der Waals surface area contributed by atoms with Crippen LogP contribution < -0.4 is 0 Å². The number of ketones is 1. The van der Waals surface area contributed by atoms with E-state index in [1.54, 1.807) is 12.1 Å². The molecule has 0 saturated carbocycles.